The van der Waals surface area contributed by atoms with Gasteiger partial charge < -0.3 is 10.1 Å². The summed E-state index contributed by atoms with van der Waals surface area (Å²) >= 11 is 0. The molecule has 6 nitrogen and oxygen atoms in total. The molecule has 2 fully saturated rings. The Morgan fingerprint density at radius 3 is 2.54 bits per heavy atom. The third-order valence-electron chi connectivity index (χ3n) is 5.48. The monoisotopic (exact) mass is 384 g/mol. The molecule has 1 aromatic rings. The Bertz CT molecular complexity index is 593. The lowest BCUT2D eigenvalue weighted by atomic mass is 10.0. The molecular formula is C19H33ClN4O2. The maximum absolute atomic E-state index is 11.7. The number of nitrogens with one attached hydrogen (secondary N) is 1. The molecule has 2 aliphatic rings. The molecule has 1 aliphatic heterocycles. The van der Waals surface area contributed by atoms with Crippen LogP contribution < -0.4 is 5.32 Å². The van der Waals surface area contributed by atoms with Crippen molar-refractivity contribution in [2.24, 2.45) is 5.92 Å². The number of hydrogen-bond acceptors (Lipinski definition) is 5. The molecule has 0 aromatic carbocycles. The Kier molecular flexibility index (Phi) is 7.92. The van der Waals surface area contributed by atoms with Crippen LogP contribution in [0.15, 0.2) is 0 Å². The van der Waals surface area contributed by atoms with Gasteiger partial charge in [0.15, 0.2) is 0 Å². The molecule has 0 amide bonds. The van der Waals surface area contributed by atoms with Crippen LogP contribution in [-0.4, -0.2) is 52.9 Å². The Hall–Kier alpha value is -1.11. The van der Waals surface area contributed by atoms with E-state index in [1.165, 1.54) is 37.8 Å². The predicted octanol–water partition coefficient (Wildman–Crippen LogP) is 2.45. The zero-order valence-electron chi connectivity index (χ0n) is 16.3. The van der Waals surface area contributed by atoms with Crippen LogP contribution in [-0.2, 0) is 22.6 Å². The molecule has 0 bridgehead atoms. The molecule has 1 saturated carbocycles. The van der Waals surface area contributed by atoms with Crippen molar-refractivity contribution >= 4 is 18.4 Å². The average molecular weight is 385 g/mol. The maximum Gasteiger partial charge on any atom is 0.327 e. The topological polar surface area (TPSA) is 59.4 Å². The van der Waals surface area contributed by atoms with Crippen molar-refractivity contribution in [1.82, 2.24) is 20.0 Å². The van der Waals surface area contributed by atoms with Crippen molar-refractivity contribution in [1.29, 1.82) is 0 Å². The summed E-state index contributed by atoms with van der Waals surface area (Å²) in [6, 6.07) is 0.686. The van der Waals surface area contributed by atoms with Crippen LogP contribution >= 0.6 is 12.4 Å². The van der Waals surface area contributed by atoms with Crippen LogP contribution in [0.5, 0.6) is 0 Å². The third kappa shape index (κ3) is 5.69. The van der Waals surface area contributed by atoms with Gasteiger partial charge in [0, 0.05) is 23.8 Å². The summed E-state index contributed by atoms with van der Waals surface area (Å²) in [5, 5.41) is 8.28. The zero-order valence-corrected chi connectivity index (χ0v) is 17.1. The number of likely N-dealkylation sites (tertiary alicyclic amines) is 1. The van der Waals surface area contributed by atoms with Gasteiger partial charge in [-0.25, -0.2) is 0 Å². The van der Waals surface area contributed by atoms with Gasteiger partial charge in [-0.3, -0.25) is 14.4 Å². The molecule has 0 spiro atoms. The Labute approximate surface area is 163 Å². The van der Waals surface area contributed by atoms with Crippen molar-refractivity contribution in [3.05, 3.63) is 17.0 Å². The number of nitrogens with zero attached hydrogens (tertiary/aromatic N) is 3. The van der Waals surface area contributed by atoms with Gasteiger partial charge in [0.05, 0.1) is 12.3 Å². The Morgan fingerprint density at radius 2 is 1.92 bits per heavy atom. The maximum atomic E-state index is 11.7. The number of rotatable bonds is 8. The van der Waals surface area contributed by atoms with E-state index >= 15 is 0 Å². The highest BCUT2D eigenvalue weighted by atomic mass is 35.5. The Balaban J connectivity index is 0.00000243. The summed E-state index contributed by atoms with van der Waals surface area (Å²) in [6.45, 7) is 10.9. The van der Waals surface area contributed by atoms with Gasteiger partial charge >= 0.3 is 5.97 Å². The molecule has 148 valence electrons. The number of piperidine rings is 1. The molecule has 1 aromatic heterocycles. The molecule has 1 saturated heterocycles. The lowest BCUT2D eigenvalue weighted by Crippen LogP contribution is -2.42. The van der Waals surface area contributed by atoms with Crippen molar-refractivity contribution in [2.75, 3.05) is 26.2 Å². The van der Waals surface area contributed by atoms with E-state index in [1.54, 1.807) is 4.68 Å². The summed E-state index contributed by atoms with van der Waals surface area (Å²) in [6.07, 6.45) is 5.28. The number of halogens is 1. The van der Waals surface area contributed by atoms with Gasteiger partial charge in [-0.05, 0) is 72.0 Å². The van der Waals surface area contributed by atoms with Gasteiger partial charge in [0.25, 0.3) is 0 Å². The van der Waals surface area contributed by atoms with Gasteiger partial charge in [0.2, 0.25) is 0 Å². The fourth-order valence-corrected chi connectivity index (χ4v) is 3.62. The predicted molar refractivity (Wildman–Crippen MR) is 105 cm³/mol. The van der Waals surface area contributed by atoms with Gasteiger partial charge in [-0.1, -0.05) is 0 Å². The van der Waals surface area contributed by atoms with E-state index in [0.717, 1.165) is 36.9 Å². The molecule has 0 atom stereocenters. The van der Waals surface area contributed by atoms with Gasteiger partial charge in [-0.15, -0.1) is 12.4 Å². The fraction of sp³-hybridized carbons (Fsp3) is 0.789. The summed E-state index contributed by atoms with van der Waals surface area (Å²) in [4.78, 5) is 14.2. The first-order chi connectivity index (χ1) is 12.1. The van der Waals surface area contributed by atoms with Gasteiger partial charge in [0.1, 0.15) is 6.54 Å². The Morgan fingerprint density at radius 1 is 1.23 bits per heavy atom. The molecule has 1 N–H and O–H groups in total. The SMILES string of the molecule is CCOC(=O)Cn1nc(C)c(CN2CCC(NCC3CC3)CC2)c1C.Cl. The molecule has 7 heteroatoms. The summed E-state index contributed by atoms with van der Waals surface area (Å²) < 4.78 is 6.82. The first-order valence-electron chi connectivity index (χ1n) is 9.71. The minimum atomic E-state index is -0.220. The van der Waals surface area contributed by atoms with Crippen molar-refractivity contribution in [3.8, 4) is 0 Å². The lowest BCUT2D eigenvalue weighted by molar-refractivity contribution is -0.144. The minimum absolute atomic E-state index is 0. The quantitative estimate of drug-likeness (QED) is 0.697. The van der Waals surface area contributed by atoms with Crippen LogP contribution in [0.25, 0.3) is 0 Å². The number of aryl methyl sites for hydroxylation is 1. The molecule has 0 unspecified atom stereocenters. The van der Waals surface area contributed by atoms with Crippen LogP contribution in [0.4, 0.5) is 0 Å². The summed E-state index contributed by atoms with van der Waals surface area (Å²) in [7, 11) is 0. The van der Waals surface area contributed by atoms with E-state index in [0.29, 0.717) is 12.6 Å². The third-order valence-corrected chi connectivity index (χ3v) is 5.48. The number of esters is 1. The van der Waals surface area contributed by atoms with Crippen LogP contribution in [0, 0.1) is 19.8 Å². The van der Waals surface area contributed by atoms with Crippen LogP contribution in [0.1, 0.15) is 49.6 Å². The van der Waals surface area contributed by atoms with E-state index in [9.17, 15) is 4.79 Å². The lowest BCUT2D eigenvalue weighted by Gasteiger charge is -2.32. The first-order valence-corrected chi connectivity index (χ1v) is 9.71. The molecule has 2 heterocycles. The highest BCUT2D eigenvalue weighted by molar-refractivity contribution is 5.85. The summed E-state index contributed by atoms with van der Waals surface area (Å²) in [5.41, 5.74) is 3.36. The van der Waals surface area contributed by atoms with Crippen molar-refractivity contribution in [2.45, 2.75) is 65.6 Å². The van der Waals surface area contributed by atoms with E-state index < -0.39 is 0 Å². The first kappa shape index (κ1) is 21.2. The number of hydrogen-bond donors (Lipinski definition) is 1. The molecule has 0 radical (unpaired) electrons. The highest BCUT2D eigenvalue weighted by Crippen LogP contribution is 2.28. The average Bonchev–Trinajstić information content (AvgIpc) is 3.38. The minimum Gasteiger partial charge on any atom is -0.465 e. The zero-order chi connectivity index (χ0) is 17.8. The normalized spacial score (nSPS) is 18.6. The van der Waals surface area contributed by atoms with E-state index in [1.807, 2.05) is 13.8 Å². The smallest absolute Gasteiger partial charge is 0.327 e. The second-order valence-corrected chi connectivity index (χ2v) is 7.51. The number of ether oxygens (including phenoxy) is 1. The highest BCUT2D eigenvalue weighted by Gasteiger charge is 2.25. The standard InChI is InChI=1S/C19H32N4O2.ClH/c1-4-25-19(24)13-23-15(3)18(14(2)21-23)12-22-9-7-17(8-10-22)20-11-16-5-6-16;/h16-17,20H,4-13H2,1-3H3;1H. The second kappa shape index (κ2) is 9.72. The number of carbonyl (C=O) groups excluding carboxylic acids is 1. The van der Waals surface area contributed by atoms with Gasteiger partial charge in [-0.2, -0.15) is 5.10 Å². The van der Waals surface area contributed by atoms with E-state index in [4.69, 9.17) is 4.74 Å². The number of aromatic nitrogens is 2. The largest absolute Gasteiger partial charge is 0.465 e. The van der Waals surface area contributed by atoms with Crippen LogP contribution in [0.2, 0.25) is 0 Å². The van der Waals surface area contributed by atoms with Crippen molar-refractivity contribution < 1.29 is 9.53 Å². The molecule has 3 rings (SSSR count). The van der Waals surface area contributed by atoms with E-state index in [2.05, 4.69) is 22.2 Å². The molecule has 26 heavy (non-hydrogen) atoms. The van der Waals surface area contributed by atoms with E-state index in [-0.39, 0.29) is 24.9 Å². The number of carbonyl (C=O) groups is 1. The fourth-order valence-electron chi connectivity index (χ4n) is 3.62. The second-order valence-electron chi connectivity index (χ2n) is 7.51. The van der Waals surface area contributed by atoms with Crippen LogP contribution in [0.3, 0.4) is 0 Å². The molecular weight excluding hydrogens is 352 g/mol. The van der Waals surface area contributed by atoms with Crippen molar-refractivity contribution in [3.63, 3.8) is 0 Å². The summed E-state index contributed by atoms with van der Waals surface area (Å²) in [5.74, 6) is 0.732. The molecule has 1 aliphatic carbocycles.